The molecule has 0 radical (unpaired) electrons. The summed E-state index contributed by atoms with van der Waals surface area (Å²) in [7, 11) is 4.27. The first-order chi connectivity index (χ1) is 13.1. The lowest BCUT2D eigenvalue weighted by molar-refractivity contribution is 0.442. The van der Waals surface area contributed by atoms with E-state index in [1.165, 1.54) is 45.0 Å². The molecular weight excluding hydrogens is 342 g/mol. The molecule has 1 aliphatic heterocycles. The molecule has 0 N–H and O–H groups in total. The van der Waals surface area contributed by atoms with Gasteiger partial charge in [0.05, 0.1) is 0 Å². The molecule has 1 aliphatic rings. The van der Waals surface area contributed by atoms with Crippen LogP contribution in [0, 0.1) is 40.5 Å². The van der Waals surface area contributed by atoms with Crippen LogP contribution in [-0.2, 0) is 0 Å². The van der Waals surface area contributed by atoms with Crippen molar-refractivity contribution in [3.8, 4) is 0 Å². The van der Waals surface area contributed by atoms with Gasteiger partial charge in [0, 0.05) is 31.7 Å². The van der Waals surface area contributed by atoms with Gasteiger partial charge in [-0.15, -0.1) is 0 Å². The van der Waals surface area contributed by atoms with Gasteiger partial charge in [-0.2, -0.15) is 0 Å². The minimum absolute atomic E-state index is 0.235. The largest absolute Gasteiger partial charge is 0.363 e. The van der Waals surface area contributed by atoms with E-state index in [9.17, 15) is 0 Å². The van der Waals surface area contributed by atoms with Crippen LogP contribution in [0.2, 0.25) is 0 Å². The minimum atomic E-state index is 0.235. The van der Waals surface area contributed by atoms with E-state index in [1.54, 1.807) is 0 Å². The summed E-state index contributed by atoms with van der Waals surface area (Å²) in [6, 6.07) is 11.4. The summed E-state index contributed by atoms with van der Waals surface area (Å²) in [6.07, 6.45) is 2.56. The molecule has 28 heavy (non-hydrogen) atoms. The van der Waals surface area contributed by atoms with Gasteiger partial charge in [-0.05, 0) is 63.3 Å². The van der Waals surface area contributed by atoms with E-state index in [-0.39, 0.29) is 6.17 Å². The van der Waals surface area contributed by atoms with Gasteiger partial charge in [0.15, 0.2) is 0 Å². The van der Waals surface area contributed by atoms with Crippen molar-refractivity contribution in [3.63, 3.8) is 0 Å². The van der Waals surface area contributed by atoms with E-state index in [0.29, 0.717) is 5.92 Å². The third kappa shape index (κ3) is 3.50. The molecule has 0 bridgehead atoms. The Labute approximate surface area is 171 Å². The molecule has 0 saturated carbocycles. The second kappa shape index (κ2) is 7.54. The van der Waals surface area contributed by atoms with Gasteiger partial charge in [0.2, 0.25) is 0 Å². The highest BCUT2D eigenvalue weighted by Crippen LogP contribution is 2.41. The molecule has 3 nitrogen and oxygen atoms in total. The summed E-state index contributed by atoms with van der Waals surface area (Å²) in [4.78, 5) is 7.23. The monoisotopic (exact) mass is 377 g/mol. The van der Waals surface area contributed by atoms with Crippen molar-refractivity contribution in [2.75, 3.05) is 23.9 Å². The van der Waals surface area contributed by atoms with Crippen molar-refractivity contribution >= 4 is 11.4 Å². The molecule has 1 heterocycles. The number of benzene rings is 2. The van der Waals surface area contributed by atoms with Crippen LogP contribution in [0.15, 0.2) is 42.4 Å². The molecule has 2 aromatic carbocycles. The lowest BCUT2D eigenvalue weighted by atomic mass is 10.0. The first-order valence-electron chi connectivity index (χ1n) is 10.2. The van der Waals surface area contributed by atoms with Crippen LogP contribution in [0.4, 0.5) is 11.4 Å². The summed E-state index contributed by atoms with van der Waals surface area (Å²) in [5, 5.41) is 0. The Kier molecular flexibility index (Phi) is 5.47. The van der Waals surface area contributed by atoms with Crippen molar-refractivity contribution in [1.82, 2.24) is 4.90 Å². The zero-order valence-electron chi connectivity index (χ0n) is 19.0. The third-order valence-electron chi connectivity index (χ3n) is 5.61. The summed E-state index contributed by atoms with van der Waals surface area (Å²) in [5.74, 6) is 1.68. The number of hydrogen-bond acceptors (Lipinski definition) is 3. The zero-order chi connectivity index (χ0) is 20.7. The van der Waals surface area contributed by atoms with Crippen molar-refractivity contribution < 1.29 is 0 Å². The van der Waals surface area contributed by atoms with Gasteiger partial charge in [-0.3, -0.25) is 0 Å². The number of rotatable bonds is 4. The van der Waals surface area contributed by atoms with Crippen LogP contribution in [0.1, 0.15) is 41.7 Å². The van der Waals surface area contributed by atoms with E-state index < -0.39 is 0 Å². The standard InChI is InChI=1S/C25H35N3/c1-16(2)25-27(24-20(6)13-18(4)14-21(24)7)15-23(26(8)9)28(25)22-11-10-17(3)12-19(22)5/h10-16,25H,1-9H3. The van der Waals surface area contributed by atoms with Crippen molar-refractivity contribution in [3.05, 3.63) is 70.2 Å². The minimum Gasteiger partial charge on any atom is -0.363 e. The van der Waals surface area contributed by atoms with Crippen LogP contribution < -0.4 is 9.80 Å². The predicted molar refractivity (Wildman–Crippen MR) is 122 cm³/mol. The van der Waals surface area contributed by atoms with Crippen molar-refractivity contribution in [2.45, 2.75) is 54.6 Å². The molecule has 0 aromatic heterocycles. The van der Waals surface area contributed by atoms with Gasteiger partial charge in [0.1, 0.15) is 12.0 Å². The maximum Gasteiger partial charge on any atom is 0.126 e. The fraction of sp³-hybridized carbons (Fsp3) is 0.440. The zero-order valence-corrected chi connectivity index (χ0v) is 19.0. The van der Waals surface area contributed by atoms with Gasteiger partial charge in [0.25, 0.3) is 0 Å². The Morgan fingerprint density at radius 1 is 0.821 bits per heavy atom. The highest BCUT2D eigenvalue weighted by molar-refractivity contribution is 5.70. The van der Waals surface area contributed by atoms with Gasteiger partial charge < -0.3 is 14.7 Å². The molecule has 0 spiro atoms. The first-order valence-corrected chi connectivity index (χ1v) is 10.2. The molecule has 1 unspecified atom stereocenters. The Bertz CT molecular complexity index is 885. The van der Waals surface area contributed by atoms with E-state index >= 15 is 0 Å². The summed E-state index contributed by atoms with van der Waals surface area (Å²) in [5.41, 5.74) is 9.23. The van der Waals surface area contributed by atoms with Crippen molar-refractivity contribution in [2.24, 2.45) is 5.92 Å². The fourth-order valence-electron chi connectivity index (χ4n) is 4.59. The Morgan fingerprint density at radius 2 is 1.39 bits per heavy atom. The highest BCUT2D eigenvalue weighted by atomic mass is 15.5. The quantitative estimate of drug-likeness (QED) is 0.657. The summed E-state index contributed by atoms with van der Waals surface area (Å²) < 4.78 is 0. The maximum atomic E-state index is 2.51. The third-order valence-corrected chi connectivity index (χ3v) is 5.61. The second-order valence-corrected chi connectivity index (χ2v) is 8.85. The lowest BCUT2D eigenvalue weighted by Crippen LogP contribution is -2.46. The molecule has 0 amide bonds. The van der Waals surface area contributed by atoms with Crippen molar-refractivity contribution in [1.29, 1.82) is 0 Å². The Morgan fingerprint density at radius 3 is 1.89 bits per heavy atom. The number of hydrogen-bond donors (Lipinski definition) is 0. The molecule has 0 saturated heterocycles. The molecule has 3 heteroatoms. The number of aryl methyl sites for hydroxylation is 5. The predicted octanol–water partition coefficient (Wildman–Crippen LogP) is 5.90. The Balaban J connectivity index is 2.20. The molecule has 3 rings (SSSR count). The molecule has 2 aromatic rings. The van der Waals surface area contributed by atoms with E-state index in [0.717, 1.165) is 0 Å². The van der Waals surface area contributed by atoms with Gasteiger partial charge in [-0.1, -0.05) is 49.2 Å². The first kappa shape index (κ1) is 20.3. The van der Waals surface area contributed by atoms with Crippen LogP contribution in [-0.4, -0.2) is 25.2 Å². The second-order valence-electron chi connectivity index (χ2n) is 8.85. The average molecular weight is 378 g/mol. The van der Waals surface area contributed by atoms with E-state index in [1.807, 2.05) is 0 Å². The topological polar surface area (TPSA) is 9.72 Å². The summed E-state index contributed by atoms with van der Waals surface area (Å²) >= 11 is 0. The summed E-state index contributed by atoms with van der Waals surface area (Å²) in [6.45, 7) is 15.7. The smallest absolute Gasteiger partial charge is 0.126 e. The number of nitrogens with zero attached hydrogens (tertiary/aromatic N) is 3. The highest BCUT2D eigenvalue weighted by Gasteiger charge is 2.38. The maximum absolute atomic E-state index is 2.51. The Hall–Kier alpha value is -2.42. The molecular formula is C25H35N3. The van der Waals surface area contributed by atoms with Gasteiger partial charge in [-0.25, -0.2) is 0 Å². The van der Waals surface area contributed by atoms with E-state index in [4.69, 9.17) is 0 Å². The van der Waals surface area contributed by atoms with Crippen LogP contribution in [0.25, 0.3) is 0 Å². The fourth-order valence-corrected chi connectivity index (χ4v) is 4.59. The van der Waals surface area contributed by atoms with Crippen LogP contribution in [0.3, 0.4) is 0 Å². The molecule has 1 atom stereocenters. The molecule has 0 fully saturated rings. The van der Waals surface area contributed by atoms with Crippen LogP contribution >= 0.6 is 0 Å². The molecule has 0 aliphatic carbocycles. The molecule has 150 valence electrons. The average Bonchev–Trinajstić information content (AvgIpc) is 2.94. The van der Waals surface area contributed by atoms with Crippen LogP contribution in [0.5, 0.6) is 0 Å². The number of anilines is 2. The SMILES string of the molecule is Cc1ccc(N2C(N(C)C)=CN(c3c(C)cc(C)cc3C)C2C(C)C)c(C)c1. The normalized spacial score (nSPS) is 16.8. The van der Waals surface area contributed by atoms with E-state index in [2.05, 4.69) is 114 Å². The lowest BCUT2D eigenvalue weighted by Gasteiger charge is -2.39. The van der Waals surface area contributed by atoms with Gasteiger partial charge >= 0.3 is 0 Å².